The van der Waals surface area contributed by atoms with E-state index in [0.717, 1.165) is 44.9 Å². The van der Waals surface area contributed by atoms with Crippen molar-refractivity contribution in [1.29, 1.82) is 0 Å². The fraction of sp³-hybridized carbons (Fsp3) is 0.870. The second kappa shape index (κ2) is 43.9. The molecule has 376 valence electrons. The highest BCUT2D eigenvalue weighted by Crippen LogP contribution is 2.23. The molecule has 0 aliphatic carbocycles. The molecule has 1 aliphatic heterocycles. The molecule has 10 heteroatoms. The van der Waals surface area contributed by atoms with Crippen molar-refractivity contribution in [3.63, 3.8) is 0 Å². The lowest BCUT2D eigenvalue weighted by Crippen LogP contribution is -2.60. The number of carbonyl (C=O) groups excluding carboxylic acids is 1. The van der Waals surface area contributed by atoms with E-state index in [9.17, 15) is 35.4 Å². The molecule has 0 bridgehead atoms. The molecular weight excluding hydrogens is 807 g/mol. The summed E-state index contributed by atoms with van der Waals surface area (Å²) in [5.41, 5.74) is 0. The van der Waals surface area contributed by atoms with Crippen LogP contribution in [0.3, 0.4) is 0 Å². The van der Waals surface area contributed by atoms with Gasteiger partial charge in [0.05, 0.1) is 25.4 Å². The van der Waals surface area contributed by atoms with Gasteiger partial charge in [-0.3, -0.25) is 4.79 Å². The summed E-state index contributed by atoms with van der Waals surface area (Å²) in [6, 6.07) is -1.00. The maximum Gasteiger partial charge on any atom is 0.249 e. The van der Waals surface area contributed by atoms with Gasteiger partial charge in [-0.05, 0) is 44.9 Å². The van der Waals surface area contributed by atoms with E-state index in [4.69, 9.17) is 9.47 Å². The molecule has 1 amide bonds. The normalized spacial score (nSPS) is 20.8. The lowest BCUT2D eigenvalue weighted by Gasteiger charge is -2.40. The van der Waals surface area contributed by atoms with Crippen molar-refractivity contribution in [3.05, 3.63) is 36.5 Å². The lowest BCUT2D eigenvalue weighted by molar-refractivity contribution is -0.302. The summed E-state index contributed by atoms with van der Waals surface area (Å²) >= 11 is 0. The zero-order valence-electron chi connectivity index (χ0n) is 41.2. The Balaban J connectivity index is 2.33. The van der Waals surface area contributed by atoms with Crippen LogP contribution in [0, 0.1) is 0 Å². The molecule has 1 rings (SSSR count). The molecule has 10 nitrogen and oxygen atoms in total. The summed E-state index contributed by atoms with van der Waals surface area (Å²) in [5.74, 6) is -0.627. The molecule has 0 spiro atoms. The van der Waals surface area contributed by atoms with Crippen molar-refractivity contribution in [3.8, 4) is 0 Å². The largest absolute Gasteiger partial charge is 0.394 e. The predicted molar refractivity (Wildman–Crippen MR) is 264 cm³/mol. The number of carbonyl (C=O) groups is 1. The summed E-state index contributed by atoms with van der Waals surface area (Å²) in [6.45, 7) is 3.60. The summed E-state index contributed by atoms with van der Waals surface area (Å²) in [5, 5.41) is 64.9. The Morgan fingerprint density at radius 3 is 1.36 bits per heavy atom. The number of rotatable bonds is 45. The van der Waals surface area contributed by atoms with Gasteiger partial charge in [-0.1, -0.05) is 230 Å². The Bertz CT molecular complexity index is 1120. The molecule has 1 aliphatic rings. The van der Waals surface area contributed by atoms with E-state index >= 15 is 0 Å². The second-order valence-corrected chi connectivity index (χ2v) is 18.8. The second-order valence-electron chi connectivity index (χ2n) is 18.8. The number of hydrogen-bond acceptors (Lipinski definition) is 9. The smallest absolute Gasteiger partial charge is 0.249 e. The molecule has 8 unspecified atom stereocenters. The molecule has 0 aromatic rings. The Kier molecular flexibility index (Phi) is 41.4. The first-order valence-electron chi connectivity index (χ1n) is 26.8. The Hall–Kier alpha value is -1.63. The van der Waals surface area contributed by atoms with Crippen LogP contribution in [0.5, 0.6) is 0 Å². The van der Waals surface area contributed by atoms with E-state index in [1.54, 1.807) is 6.08 Å². The van der Waals surface area contributed by atoms with Gasteiger partial charge in [0.2, 0.25) is 5.91 Å². The standard InChI is InChI=1S/C54H101NO9/c1-3-5-7-9-11-13-15-17-19-21-22-23-24-25-27-29-31-33-35-37-39-41-43-48(58)53(62)55-46(45-63-54-52(61)51(60)50(59)49(44-56)64-54)47(57)42-40-38-36-34-32-30-28-26-20-18-16-14-12-10-8-6-4-2/h20,26,32,34,40,42,46-52,54,56-61H,3-19,21-25,27-31,33,35-39,41,43-45H2,1-2H3,(H,55,62)/b26-20+,34-32+,42-40+. The topological polar surface area (TPSA) is 169 Å². The molecular formula is C54H101NO9. The number of unbranched alkanes of at least 4 members (excludes halogenated alkanes) is 30. The van der Waals surface area contributed by atoms with E-state index in [2.05, 4.69) is 43.5 Å². The van der Waals surface area contributed by atoms with Crippen LogP contribution in [-0.4, -0.2) is 98.7 Å². The first-order valence-corrected chi connectivity index (χ1v) is 26.8. The maximum absolute atomic E-state index is 13.1. The average molecular weight is 908 g/mol. The van der Waals surface area contributed by atoms with Crippen LogP contribution in [0.15, 0.2) is 36.5 Å². The van der Waals surface area contributed by atoms with Gasteiger partial charge in [0.15, 0.2) is 6.29 Å². The van der Waals surface area contributed by atoms with Gasteiger partial charge in [0.25, 0.3) is 0 Å². The van der Waals surface area contributed by atoms with Crippen molar-refractivity contribution >= 4 is 5.91 Å². The Morgan fingerprint density at radius 1 is 0.531 bits per heavy atom. The van der Waals surface area contributed by atoms with E-state index in [1.165, 1.54) is 161 Å². The molecule has 0 aromatic heterocycles. The van der Waals surface area contributed by atoms with E-state index in [1.807, 2.05) is 6.08 Å². The highest BCUT2D eigenvalue weighted by Gasteiger charge is 2.44. The van der Waals surface area contributed by atoms with Crippen LogP contribution in [0.25, 0.3) is 0 Å². The number of aliphatic hydroxyl groups excluding tert-OH is 6. The van der Waals surface area contributed by atoms with Crippen molar-refractivity contribution in [1.82, 2.24) is 5.32 Å². The monoisotopic (exact) mass is 908 g/mol. The maximum atomic E-state index is 13.1. The number of aliphatic hydroxyl groups is 6. The lowest BCUT2D eigenvalue weighted by atomic mass is 9.99. The quantitative estimate of drug-likeness (QED) is 0.0232. The number of ether oxygens (including phenoxy) is 2. The van der Waals surface area contributed by atoms with Crippen LogP contribution in [0.4, 0.5) is 0 Å². The molecule has 1 fully saturated rings. The minimum Gasteiger partial charge on any atom is -0.394 e. The predicted octanol–water partition coefficient (Wildman–Crippen LogP) is 11.4. The number of amides is 1. The van der Waals surface area contributed by atoms with Crippen LogP contribution >= 0.6 is 0 Å². The van der Waals surface area contributed by atoms with E-state index in [0.29, 0.717) is 19.3 Å². The fourth-order valence-corrected chi connectivity index (χ4v) is 8.43. The SMILES string of the molecule is CCCCCCCCC/C=C/CC/C=C/CC/C=C/C(O)C(COC1OC(CO)C(O)C(O)C1O)NC(=O)C(O)CCCCCCCCCCCCCCCCCCCCCCCC. The van der Waals surface area contributed by atoms with Gasteiger partial charge in [0.1, 0.15) is 30.5 Å². The van der Waals surface area contributed by atoms with Crippen LogP contribution < -0.4 is 5.32 Å². The summed E-state index contributed by atoms with van der Waals surface area (Å²) < 4.78 is 11.2. The molecule has 1 saturated heterocycles. The molecule has 64 heavy (non-hydrogen) atoms. The molecule has 0 radical (unpaired) electrons. The third-order valence-corrected chi connectivity index (χ3v) is 12.8. The minimum absolute atomic E-state index is 0.304. The van der Waals surface area contributed by atoms with Gasteiger partial charge in [-0.2, -0.15) is 0 Å². The first-order chi connectivity index (χ1) is 31.3. The Labute approximate surface area is 392 Å². The minimum atomic E-state index is -1.62. The van der Waals surface area contributed by atoms with E-state index in [-0.39, 0.29) is 6.61 Å². The number of hydrogen-bond donors (Lipinski definition) is 7. The van der Waals surface area contributed by atoms with Crippen molar-refractivity contribution < 1.29 is 44.9 Å². The number of allylic oxidation sites excluding steroid dienone is 5. The highest BCUT2D eigenvalue weighted by molar-refractivity contribution is 5.80. The first kappa shape index (κ1) is 60.4. The van der Waals surface area contributed by atoms with Crippen molar-refractivity contribution in [2.24, 2.45) is 0 Å². The Morgan fingerprint density at radius 2 is 0.922 bits per heavy atom. The summed E-state index contributed by atoms with van der Waals surface area (Å²) in [6.07, 6.45) is 45.2. The van der Waals surface area contributed by atoms with Crippen LogP contribution in [0.1, 0.15) is 239 Å². The van der Waals surface area contributed by atoms with Gasteiger partial charge in [-0.15, -0.1) is 0 Å². The third kappa shape index (κ3) is 32.9. The molecule has 0 saturated carbocycles. The molecule has 1 heterocycles. The highest BCUT2D eigenvalue weighted by atomic mass is 16.7. The van der Waals surface area contributed by atoms with Gasteiger partial charge < -0.3 is 45.4 Å². The zero-order valence-corrected chi connectivity index (χ0v) is 41.2. The molecule has 7 N–H and O–H groups in total. The molecule has 0 aromatic carbocycles. The average Bonchev–Trinajstić information content (AvgIpc) is 3.29. The van der Waals surface area contributed by atoms with E-state index < -0.39 is 61.5 Å². The third-order valence-electron chi connectivity index (χ3n) is 12.8. The van der Waals surface area contributed by atoms with Crippen molar-refractivity contribution in [2.75, 3.05) is 13.2 Å². The van der Waals surface area contributed by atoms with Crippen molar-refractivity contribution in [2.45, 2.75) is 288 Å². The van der Waals surface area contributed by atoms with Gasteiger partial charge >= 0.3 is 0 Å². The fourth-order valence-electron chi connectivity index (χ4n) is 8.43. The van der Waals surface area contributed by atoms with Crippen LogP contribution in [-0.2, 0) is 14.3 Å². The van der Waals surface area contributed by atoms with Crippen LogP contribution in [0.2, 0.25) is 0 Å². The molecule has 8 atom stereocenters. The van der Waals surface area contributed by atoms with Gasteiger partial charge in [0, 0.05) is 0 Å². The zero-order chi connectivity index (χ0) is 46.7. The summed E-state index contributed by atoms with van der Waals surface area (Å²) in [7, 11) is 0. The van der Waals surface area contributed by atoms with Gasteiger partial charge in [-0.25, -0.2) is 0 Å². The summed E-state index contributed by atoms with van der Waals surface area (Å²) in [4.78, 5) is 13.1. The number of nitrogens with one attached hydrogen (secondary N) is 1.